The number of hydrogen-bond donors (Lipinski definition) is 0. The molecule has 6 heteroatoms. The summed E-state index contributed by atoms with van der Waals surface area (Å²) in [7, 11) is 0. The minimum atomic E-state index is -1.68. The summed E-state index contributed by atoms with van der Waals surface area (Å²) in [6.07, 6.45) is 13.7. The predicted molar refractivity (Wildman–Crippen MR) is 141 cm³/mol. The average molecular weight is 531 g/mol. The van der Waals surface area contributed by atoms with Crippen LogP contribution in [0.4, 0.5) is 22.0 Å². The first-order valence-corrected chi connectivity index (χ1v) is 14.1. The van der Waals surface area contributed by atoms with Gasteiger partial charge in [0.1, 0.15) is 17.4 Å². The quantitative estimate of drug-likeness (QED) is 0.160. The van der Waals surface area contributed by atoms with Crippen molar-refractivity contribution in [1.29, 1.82) is 0 Å². The average Bonchev–Trinajstić information content (AvgIpc) is 2.91. The summed E-state index contributed by atoms with van der Waals surface area (Å²) in [5.41, 5.74) is -0.0585. The van der Waals surface area contributed by atoms with E-state index in [2.05, 4.69) is 6.92 Å². The molecule has 0 radical (unpaired) electrons. The Balaban J connectivity index is 1.30. The molecule has 1 aliphatic carbocycles. The van der Waals surface area contributed by atoms with E-state index in [1.807, 2.05) is 6.07 Å². The largest absolute Gasteiger partial charge is 0.492 e. The number of fused-ring (bicyclic) bond motifs is 3. The van der Waals surface area contributed by atoms with Crippen molar-refractivity contribution in [3.05, 3.63) is 65.0 Å². The Labute approximate surface area is 221 Å². The van der Waals surface area contributed by atoms with Gasteiger partial charge in [0, 0.05) is 10.8 Å². The van der Waals surface area contributed by atoms with Crippen molar-refractivity contribution in [2.75, 3.05) is 6.61 Å². The molecule has 2 aliphatic rings. The lowest BCUT2D eigenvalue weighted by Crippen LogP contribution is -2.31. The van der Waals surface area contributed by atoms with Crippen LogP contribution >= 0.6 is 0 Å². The summed E-state index contributed by atoms with van der Waals surface area (Å²) in [4.78, 5) is 0. The number of rotatable bonds is 8. The molecule has 1 nitrogen and oxygen atoms in total. The SMILES string of the molecule is CCCCCCCC1CCC(C2COc3c(ccc4c(F)c(-c5cc(F)c(F)c(F)c5)c(F)cc34)C2)CC1. The predicted octanol–water partition coefficient (Wildman–Crippen LogP) is 9.92. The zero-order valence-electron chi connectivity index (χ0n) is 21.9. The molecular weight excluding hydrogens is 495 g/mol. The van der Waals surface area contributed by atoms with Crippen molar-refractivity contribution in [3.8, 4) is 16.9 Å². The minimum absolute atomic E-state index is 0.100. The molecule has 1 aliphatic heterocycles. The van der Waals surface area contributed by atoms with E-state index in [-0.39, 0.29) is 5.39 Å². The lowest BCUT2D eigenvalue weighted by Gasteiger charge is -2.36. The molecule has 0 amide bonds. The number of benzene rings is 3. The zero-order valence-corrected chi connectivity index (χ0v) is 21.9. The molecule has 204 valence electrons. The zero-order chi connectivity index (χ0) is 26.8. The highest BCUT2D eigenvalue weighted by Gasteiger charge is 2.32. The van der Waals surface area contributed by atoms with E-state index in [9.17, 15) is 13.2 Å². The first-order valence-electron chi connectivity index (χ1n) is 14.1. The molecule has 3 aromatic carbocycles. The van der Waals surface area contributed by atoms with Crippen molar-refractivity contribution in [1.82, 2.24) is 0 Å². The van der Waals surface area contributed by atoms with Crippen LogP contribution in [-0.2, 0) is 6.42 Å². The van der Waals surface area contributed by atoms with E-state index in [4.69, 9.17) is 4.74 Å². The maximum atomic E-state index is 15.5. The van der Waals surface area contributed by atoms with Crippen molar-refractivity contribution in [2.45, 2.75) is 77.6 Å². The number of ether oxygens (including phenoxy) is 1. The molecule has 1 heterocycles. The van der Waals surface area contributed by atoms with Gasteiger partial charge in [0.2, 0.25) is 0 Å². The molecular formula is C32H35F5O. The van der Waals surface area contributed by atoms with Crippen LogP contribution in [-0.4, -0.2) is 6.61 Å². The van der Waals surface area contributed by atoms with Gasteiger partial charge in [0.05, 0.1) is 12.2 Å². The van der Waals surface area contributed by atoms with Gasteiger partial charge in [-0.05, 0) is 66.3 Å². The van der Waals surface area contributed by atoms with E-state index < -0.39 is 40.2 Å². The maximum absolute atomic E-state index is 15.5. The lowest BCUT2D eigenvalue weighted by atomic mass is 9.72. The molecule has 3 aromatic rings. The lowest BCUT2D eigenvalue weighted by molar-refractivity contribution is 0.126. The summed E-state index contributed by atoms with van der Waals surface area (Å²) in [6.45, 7) is 2.75. The van der Waals surface area contributed by atoms with Crippen LogP contribution < -0.4 is 4.74 Å². The third-order valence-electron chi connectivity index (χ3n) is 8.71. The monoisotopic (exact) mass is 530 g/mol. The molecule has 1 atom stereocenters. The first-order chi connectivity index (χ1) is 18.4. The highest BCUT2D eigenvalue weighted by Crippen LogP contribution is 2.44. The van der Waals surface area contributed by atoms with Gasteiger partial charge in [-0.3, -0.25) is 0 Å². The van der Waals surface area contributed by atoms with Gasteiger partial charge in [-0.15, -0.1) is 0 Å². The van der Waals surface area contributed by atoms with Crippen LogP contribution in [0.15, 0.2) is 30.3 Å². The standard InChI is InChI=1S/C32H35F5O/c1-2-3-4-5-6-7-19-8-10-20(11-9-19)23-14-21-12-13-24-25(32(21)38-18-23)17-26(33)29(30(24)36)22-15-27(34)31(37)28(35)16-22/h12-13,15-17,19-20,23H,2-11,14,18H2,1H3. The molecule has 5 rings (SSSR count). The normalized spacial score (nSPS) is 21.4. The maximum Gasteiger partial charge on any atom is 0.194 e. The summed E-state index contributed by atoms with van der Waals surface area (Å²) < 4.78 is 77.6. The summed E-state index contributed by atoms with van der Waals surface area (Å²) >= 11 is 0. The summed E-state index contributed by atoms with van der Waals surface area (Å²) in [5.74, 6) is -4.33. The number of unbranched alkanes of at least 4 members (excludes halogenated alkanes) is 4. The fourth-order valence-electron chi connectivity index (χ4n) is 6.53. The molecule has 1 fully saturated rings. The first kappa shape index (κ1) is 27.0. The Morgan fingerprint density at radius 1 is 0.737 bits per heavy atom. The Bertz CT molecular complexity index is 1270. The van der Waals surface area contributed by atoms with Crippen LogP contribution in [0, 0.1) is 46.8 Å². The van der Waals surface area contributed by atoms with E-state index in [1.165, 1.54) is 64.2 Å². The van der Waals surface area contributed by atoms with Crippen LogP contribution in [0.2, 0.25) is 0 Å². The van der Waals surface area contributed by atoms with Gasteiger partial charge in [-0.1, -0.05) is 70.4 Å². The van der Waals surface area contributed by atoms with Gasteiger partial charge in [0.25, 0.3) is 0 Å². The smallest absolute Gasteiger partial charge is 0.194 e. The van der Waals surface area contributed by atoms with E-state index >= 15 is 8.78 Å². The molecule has 1 saturated carbocycles. The van der Waals surface area contributed by atoms with Gasteiger partial charge >= 0.3 is 0 Å². The summed E-state index contributed by atoms with van der Waals surface area (Å²) in [5, 5.41) is 0.401. The molecule has 0 N–H and O–H groups in total. The molecule has 1 unspecified atom stereocenters. The van der Waals surface area contributed by atoms with Gasteiger partial charge in [0.15, 0.2) is 17.5 Å². The van der Waals surface area contributed by atoms with Crippen LogP contribution in [0.5, 0.6) is 5.75 Å². The van der Waals surface area contributed by atoms with Crippen molar-refractivity contribution < 1.29 is 26.7 Å². The molecule has 38 heavy (non-hydrogen) atoms. The van der Waals surface area contributed by atoms with Gasteiger partial charge in [-0.25, -0.2) is 22.0 Å². The van der Waals surface area contributed by atoms with E-state index in [0.29, 0.717) is 41.7 Å². The number of hydrogen-bond acceptors (Lipinski definition) is 1. The second-order valence-electron chi connectivity index (χ2n) is 11.2. The molecule has 0 saturated heterocycles. The molecule has 0 spiro atoms. The fourth-order valence-corrected chi connectivity index (χ4v) is 6.53. The third-order valence-corrected chi connectivity index (χ3v) is 8.71. The highest BCUT2D eigenvalue weighted by atomic mass is 19.2. The van der Waals surface area contributed by atoms with Crippen molar-refractivity contribution in [3.63, 3.8) is 0 Å². The molecule has 0 bridgehead atoms. The Hall–Kier alpha value is -2.63. The number of halogens is 5. The fraction of sp³-hybridized carbons (Fsp3) is 0.500. The van der Waals surface area contributed by atoms with Gasteiger partial charge < -0.3 is 4.74 Å². The second-order valence-corrected chi connectivity index (χ2v) is 11.2. The van der Waals surface area contributed by atoms with Gasteiger partial charge in [-0.2, -0.15) is 0 Å². The second kappa shape index (κ2) is 11.6. The van der Waals surface area contributed by atoms with Crippen molar-refractivity contribution in [2.24, 2.45) is 17.8 Å². The Morgan fingerprint density at radius 3 is 2.16 bits per heavy atom. The van der Waals surface area contributed by atoms with Crippen molar-refractivity contribution >= 4 is 10.8 Å². The third kappa shape index (κ3) is 5.41. The highest BCUT2D eigenvalue weighted by molar-refractivity contribution is 5.94. The van der Waals surface area contributed by atoms with Crippen LogP contribution in [0.1, 0.15) is 76.7 Å². The van der Waals surface area contributed by atoms with E-state index in [1.54, 1.807) is 6.07 Å². The van der Waals surface area contributed by atoms with Crippen LogP contribution in [0.3, 0.4) is 0 Å². The Kier molecular flexibility index (Phi) is 8.25. The summed E-state index contributed by atoms with van der Waals surface area (Å²) in [6, 6.07) is 5.74. The topological polar surface area (TPSA) is 9.23 Å². The Morgan fingerprint density at radius 2 is 1.45 bits per heavy atom. The van der Waals surface area contributed by atoms with Crippen LogP contribution in [0.25, 0.3) is 21.9 Å². The van der Waals surface area contributed by atoms with E-state index in [0.717, 1.165) is 24.0 Å². The molecule has 0 aromatic heterocycles. The minimum Gasteiger partial charge on any atom is -0.492 e.